The van der Waals surface area contributed by atoms with Crippen molar-refractivity contribution in [3.63, 3.8) is 0 Å². The molecule has 4 heteroatoms. The molecule has 1 unspecified atom stereocenters. The second-order valence-electron chi connectivity index (χ2n) is 5.51. The molecule has 0 spiro atoms. The van der Waals surface area contributed by atoms with E-state index in [4.69, 9.17) is 4.74 Å². The van der Waals surface area contributed by atoms with Crippen LogP contribution >= 0.6 is 0 Å². The van der Waals surface area contributed by atoms with Gasteiger partial charge in [0.1, 0.15) is 0 Å². The van der Waals surface area contributed by atoms with Crippen LogP contribution in [0.2, 0.25) is 0 Å². The zero-order valence-corrected chi connectivity index (χ0v) is 12.4. The van der Waals surface area contributed by atoms with E-state index in [0.717, 1.165) is 25.0 Å². The van der Waals surface area contributed by atoms with Crippen molar-refractivity contribution in [3.05, 3.63) is 35.4 Å². The summed E-state index contributed by atoms with van der Waals surface area (Å²) in [7, 11) is 1.82. The van der Waals surface area contributed by atoms with E-state index in [2.05, 4.69) is 24.4 Å². The fourth-order valence-corrected chi connectivity index (χ4v) is 2.36. The maximum Gasteiger partial charge on any atom is 0.317 e. The lowest BCUT2D eigenvalue weighted by molar-refractivity contribution is 0.00385. The van der Waals surface area contributed by atoms with E-state index >= 15 is 0 Å². The van der Waals surface area contributed by atoms with Gasteiger partial charge in [-0.15, -0.1) is 0 Å². The van der Waals surface area contributed by atoms with Gasteiger partial charge >= 0.3 is 6.03 Å². The Bertz CT molecular complexity index is 425. The SMILES string of the molecule is Cc1ccc(CNC(=O)N(C)CC2CCCCO2)cc1. The molecular formula is C16H24N2O2. The maximum atomic E-state index is 12.0. The lowest BCUT2D eigenvalue weighted by atomic mass is 10.1. The quantitative estimate of drug-likeness (QED) is 0.918. The van der Waals surface area contributed by atoms with Gasteiger partial charge in [0.2, 0.25) is 0 Å². The van der Waals surface area contributed by atoms with E-state index in [-0.39, 0.29) is 12.1 Å². The smallest absolute Gasteiger partial charge is 0.317 e. The summed E-state index contributed by atoms with van der Waals surface area (Å²) < 4.78 is 5.65. The van der Waals surface area contributed by atoms with Gasteiger partial charge in [0.15, 0.2) is 0 Å². The molecule has 0 aromatic heterocycles. The van der Waals surface area contributed by atoms with Crippen LogP contribution in [0.5, 0.6) is 0 Å². The van der Waals surface area contributed by atoms with Crippen LogP contribution in [-0.4, -0.2) is 37.2 Å². The summed E-state index contributed by atoms with van der Waals surface area (Å²) in [5.41, 5.74) is 2.35. The zero-order valence-electron chi connectivity index (χ0n) is 12.4. The van der Waals surface area contributed by atoms with Gasteiger partial charge in [-0.25, -0.2) is 4.79 Å². The number of carbonyl (C=O) groups is 1. The number of hydrogen-bond donors (Lipinski definition) is 1. The molecule has 1 heterocycles. The fraction of sp³-hybridized carbons (Fsp3) is 0.562. The first-order chi connectivity index (χ1) is 9.65. The number of hydrogen-bond acceptors (Lipinski definition) is 2. The second-order valence-corrected chi connectivity index (χ2v) is 5.51. The Morgan fingerprint density at radius 1 is 1.35 bits per heavy atom. The Morgan fingerprint density at radius 2 is 2.10 bits per heavy atom. The van der Waals surface area contributed by atoms with Crippen molar-refractivity contribution in [1.29, 1.82) is 0 Å². The second kappa shape index (κ2) is 7.29. The van der Waals surface area contributed by atoms with Crippen LogP contribution in [-0.2, 0) is 11.3 Å². The Balaban J connectivity index is 1.74. The highest BCUT2D eigenvalue weighted by atomic mass is 16.5. The molecule has 0 radical (unpaired) electrons. The Kier molecular flexibility index (Phi) is 5.41. The summed E-state index contributed by atoms with van der Waals surface area (Å²) in [6.07, 6.45) is 3.58. The molecule has 1 saturated heterocycles. The highest BCUT2D eigenvalue weighted by Gasteiger charge is 2.18. The molecule has 110 valence electrons. The molecule has 1 atom stereocenters. The summed E-state index contributed by atoms with van der Waals surface area (Å²) in [4.78, 5) is 13.7. The number of carbonyl (C=O) groups excluding carboxylic acids is 1. The largest absolute Gasteiger partial charge is 0.376 e. The highest BCUT2D eigenvalue weighted by Crippen LogP contribution is 2.13. The van der Waals surface area contributed by atoms with Crippen molar-refractivity contribution >= 4 is 6.03 Å². The van der Waals surface area contributed by atoms with Crippen molar-refractivity contribution in [2.45, 2.75) is 38.8 Å². The van der Waals surface area contributed by atoms with Crippen molar-refractivity contribution in [2.24, 2.45) is 0 Å². The summed E-state index contributed by atoms with van der Waals surface area (Å²) >= 11 is 0. The average Bonchev–Trinajstić information content (AvgIpc) is 2.47. The number of rotatable bonds is 4. The number of amides is 2. The van der Waals surface area contributed by atoms with Crippen LogP contribution in [0.15, 0.2) is 24.3 Å². The van der Waals surface area contributed by atoms with E-state index in [9.17, 15) is 4.79 Å². The zero-order chi connectivity index (χ0) is 14.4. The first-order valence-electron chi connectivity index (χ1n) is 7.31. The Labute approximate surface area is 121 Å². The molecule has 2 rings (SSSR count). The van der Waals surface area contributed by atoms with Crippen LogP contribution in [0.4, 0.5) is 4.79 Å². The normalized spacial score (nSPS) is 18.6. The summed E-state index contributed by atoms with van der Waals surface area (Å²) in [5.74, 6) is 0. The minimum Gasteiger partial charge on any atom is -0.376 e. The number of likely N-dealkylation sites (N-methyl/N-ethyl adjacent to an activating group) is 1. The van der Waals surface area contributed by atoms with Crippen LogP contribution < -0.4 is 5.32 Å². The van der Waals surface area contributed by atoms with E-state index in [1.165, 1.54) is 12.0 Å². The molecule has 1 fully saturated rings. The van der Waals surface area contributed by atoms with Gasteiger partial charge in [-0.2, -0.15) is 0 Å². The van der Waals surface area contributed by atoms with Crippen molar-refractivity contribution in [3.8, 4) is 0 Å². The topological polar surface area (TPSA) is 41.6 Å². The predicted octanol–water partition coefficient (Wildman–Crippen LogP) is 2.71. The molecule has 1 aliphatic rings. The van der Waals surface area contributed by atoms with Gasteiger partial charge in [0.05, 0.1) is 6.10 Å². The molecule has 2 amide bonds. The molecule has 0 saturated carbocycles. The van der Waals surface area contributed by atoms with Crippen LogP contribution in [0.1, 0.15) is 30.4 Å². The molecule has 1 N–H and O–H groups in total. The predicted molar refractivity (Wildman–Crippen MR) is 79.6 cm³/mol. The number of aryl methyl sites for hydroxylation is 1. The number of nitrogens with one attached hydrogen (secondary N) is 1. The lowest BCUT2D eigenvalue weighted by Crippen LogP contribution is -2.42. The van der Waals surface area contributed by atoms with Crippen molar-refractivity contribution in [2.75, 3.05) is 20.2 Å². The Morgan fingerprint density at radius 3 is 2.75 bits per heavy atom. The Hall–Kier alpha value is -1.55. The van der Waals surface area contributed by atoms with Gasteiger partial charge in [0.25, 0.3) is 0 Å². The van der Waals surface area contributed by atoms with Crippen molar-refractivity contribution in [1.82, 2.24) is 10.2 Å². The number of ether oxygens (including phenoxy) is 1. The van der Waals surface area contributed by atoms with Crippen LogP contribution in [0.25, 0.3) is 0 Å². The third-order valence-electron chi connectivity index (χ3n) is 3.66. The van der Waals surface area contributed by atoms with Crippen LogP contribution in [0.3, 0.4) is 0 Å². The van der Waals surface area contributed by atoms with Gasteiger partial charge in [-0.05, 0) is 31.7 Å². The first kappa shape index (κ1) is 14.9. The summed E-state index contributed by atoms with van der Waals surface area (Å²) in [5, 5.41) is 2.94. The molecule has 4 nitrogen and oxygen atoms in total. The fourth-order valence-electron chi connectivity index (χ4n) is 2.36. The number of benzene rings is 1. The minimum absolute atomic E-state index is 0.0419. The third kappa shape index (κ3) is 4.53. The van der Waals surface area contributed by atoms with E-state index in [0.29, 0.717) is 13.1 Å². The van der Waals surface area contributed by atoms with Gasteiger partial charge < -0.3 is 15.0 Å². The molecule has 1 aliphatic heterocycles. The van der Waals surface area contributed by atoms with Crippen molar-refractivity contribution < 1.29 is 9.53 Å². The third-order valence-corrected chi connectivity index (χ3v) is 3.66. The molecule has 20 heavy (non-hydrogen) atoms. The number of nitrogens with zero attached hydrogens (tertiary/aromatic N) is 1. The first-order valence-corrected chi connectivity index (χ1v) is 7.31. The summed E-state index contributed by atoms with van der Waals surface area (Å²) in [6, 6.07) is 8.15. The number of urea groups is 1. The molecule has 1 aromatic carbocycles. The monoisotopic (exact) mass is 276 g/mol. The van der Waals surface area contributed by atoms with E-state index in [1.54, 1.807) is 4.90 Å². The average molecular weight is 276 g/mol. The van der Waals surface area contributed by atoms with Gasteiger partial charge in [0, 0.05) is 26.7 Å². The molecule has 1 aromatic rings. The summed E-state index contributed by atoms with van der Waals surface area (Å²) in [6.45, 7) is 4.11. The van der Waals surface area contributed by atoms with Crippen LogP contribution in [0, 0.1) is 6.92 Å². The standard InChI is InChI=1S/C16H24N2O2/c1-13-6-8-14(9-7-13)11-17-16(19)18(2)12-15-5-3-4-10-20-15/h6-9,15H,3-5,10-12H2,1-2H3,(H,17,19). The van der Waals surface area contributed by atoms with Gasteiger partial charge in [-0.3, -0.25) is 0 Å². The minimum atomic E-state index is -0.0419. The molecular weight excluding hydrogens is 252 g/mol. The molecule has 0 bridgehead atoms. The maximum absolute atomic E-state index is 12.0. The van der Waals surface area contributed by atoms with E-state index in [1.807, 2.05) is 19.2 Å². The lowest BCUT2D eigenvalue weighted by Gasteiger charge is -2.27. The van der Waals surface area contributed by atoms with Gasteiger partial charge in [-0.1, -0.05) is 29.8 Å². The van der Waals surface area contributed by atoms with E-state index < -0.39 is 0 Å². The highest BCUT2D eigenvalue weighted by molar-refractivity contribution is 5.73. The molecule has 0 aliphatic carbocycles.